The van der Waals surface area contributed by atoms with E-state index in [4.69, 9.17) is 10.2 Å². The minimum Gasteiger partial charge on any atom is -0.478 e. The quantitative estimate of drug-likeness (QED) is 0.486. The third-order valence-electron chi connectivity index (χ3n) is 4.42. The molecule has 0 aliphatic heterocycles. The lowest BCUT2D eigenvalue weighted by Crippen LogP contribution is -2.08. The van der Waals surface area contributed by atoms with Crippen molar-refractivity contribution in [2.24, 2.45) is 0 Å². The van der Waals surface area contributed by atoms with Crippen LogP contribution >= 0.6 is 0 Å². The average Bonchev–Trinajstić information content (AvgIpc) is 2.72. The predicted octanol–water partition coefficient (Wildman–Crippen LogP) is 3.61. The molecule has 3 aromatic rings. The van der Waals surface area contributed by atoms with Crippen LogP contribution in [0, 0.1) is 6.07 Å². The van der Waals surface area contributed by atoms with Crippen LogP contribution in [0.15, 0.2) is 54.6 Å². The molecule has 149 valence electrons. The molecular formula is C22H13O8. The van der Waals surface area contributed by atoms with Crippen molar-refractivity contribution in [3.8, 4) is 22.3 Å². The summed E-state index contributed by atoms with van der Waals surface area (Å²) in [4.78, 5) is 45.3. The molecule has 3 aromatic carbocycles. The molecule has 0 aliphatic carbocycles. The number of carbonyl (C=O) groups is 4. The Morgan fingerprint density at radius 2 is 0.867 bits per heavy atom. The van der Waals surface area contributed by atoms with Gasteiger partial charge >= 0.3 is 23.9 Å². The van der Waals surface area contributed by atoms with E-state index in [1.54, 1.807) is 18.2 Å². The smallest absolute Gasteiger partial charge is 0.336 e. The van der Waals surface area contributed by atoms with Crippen LogP contribution < -0.4 is 0 Å². The second-order valence-electron chi connectivity index (χ2n) is 6.25. The lowest BCUT2D eigenvalue weighted by atomic mass is 9.94. The van der Waals surface area contributed by atoms with Crippen LogP contribution in [0.25, 0.3) is 22.3 Å². The van der Waals surface area contributed by atoms with Crippen LogP contribution in [0.4, 0.5) is 0 Å². The molecular weight excluding hydrogens is 392 g/mol. The highest BCUT2D eigenvalue weighted by Gasteiger charge is 2.18. The average molecular weight is 405 g/mol. The Balaban J connectivity index is 2.10. The van der Waals surface area contributed by atoms with E-state index in [0.717, 1.165) is 0 Å². The number of carboxylic acids is 4. The Labute approximate surface area is 169 Å². The number of aromatic carboxylic acids is 4. The summed E-state index contributed by atoms with van der Waals surface area (Å²) in [6, 6.07) is 15.4. The molecule has 8 nitrogen and oxygen atoms in total. The molecule has 0 atom stereocenters. The predicted molar refractivity (Wildman–Crippen MR) is 104 cm³/mol. The summed E-state index contributed by atoms with van der Waals surface area (Å²) < 4.78 is 0. The first kappa shape index (κ1) is 20.3. The molecule has 0 bridgehead atoms. The maximum Gasteiger partial charge on any atom is 0.336 e. The van der Waals surface area contributed by atoms with Crippen molar-refractivity contribution < 1.29 is 39.6 Å². The Kier molecular flexibility index (Phi) is 5.33. The van der Waals surface area contributed by atoms with Gasteiger partial charge in [-0.2, -0.15) is 0 Å². The molecule has 0 fully saturated rings. The Hall–Kier alpha value is -4.46. The van der Waals surface area contributed by atoms with E-state index in [9.17, 15) is 29.4 Å². The van der Waals surface area contributed by atoms with E-state index < -0.39 is 23.9 Å². The Bertz CT molecular complexity index is 1120. The van der Waals surface area contributed by atoms with E-state index in [2.05, 4.69) is 6.07 Å². The molecule has 30 heavy (non-hydrogen) atoms. The molecule has 0 aromatic heterocycles. The van der Waals surface area contributed by atoms with Crippen molar-refractivity contribution in [3.05, 3.63) is 82.9 Å². The summed E-state index contributed by atoms with van der Waals surface area (Å²) in [6.45, 7) is 0. The largest absolute Gasteiger partial charge is 0.478 e. The zero-order chi connectivity index (χ0) is 22.0. The normalized spacial score (nSPS) is 10.4. The van der Waals surface area contributed by atoms with Crippen LogP contribution in [0.1, 0.15) is 41.4 Å². The van der Waals surface area contributed by atoms with Crippen molar-refractivity contribution in [1.82, 2.24) is 0 Å². The lowest BCUT2D eigenvalue weighted by Gasteiger charge is -2.10. The lowest BCUT2D eigenvalue weighted by molar-refractivity contribution is 0.0651. The molecule has 4 N–H and O–H groups in total. The zero-order valence-corrected chi connectivity index (χ0v) is 15.1. The Morgan fingerprint density at radius 3 is 1.20 bits per heavy atom. The number of carboxylic acid groups (broad SMARTS) is 4. The number of hydrogen-bond acceptors (Lipinski definition) is 4. The third-order valence-corrected chi connectivity index (χ3v) is 4.42. The van der Waals surface area contributed by atoms with Crippen molar-refractivity contribution in [2.45, 2.75) is 0 Å². The SMILES string of the molecule is O=C(O)c1ccc(-c2c[c]cc(-c3ccc(C(=O)O)c(C(=O)O)c3)c2)cc1C(=O)O. The van der Waals surface area contributed by atoms with E-state index in [-0.39, 0.29) is 22.3 Å². The molecule has 0 aliphatic rings. The van der Waals surface area contributed by atoms with E-state index in [1.807, 2.05) is 0 Å². The first-order valence-corrected chi connectivity index (χ1v) is 8.42. The standard InChI is InChI=1S/C22H13O8/c23-19(24)15-6-4-13(9-17(15)21(27)28)11-2-1-3-12(8-11)14-5-7-16(20(25)26)18(10-14)22(29)30/h2-10H,(H,23,24)(H,25,26)(H,27,28)(H,29,30). The van der Waals surface area contributed by atoms with Crippen LogP contribution in [-0.4, -0.2) is 44.3 Å². The Morgan fingerprint density at radius 1 is 0.500 bits per heavy atom. The summed E-state index contributed by atoms with van der Waals surface area (Å²) >= 11 is 0. The minimum absolute atomic E-state index is 0.346. The highest BCUT2D eigenvalue weighted by Crippen LogP contribution is 2.29. The second-order valence-corrected chi connectivity index (χ2v) is 6.25. The molecule has 1 radical (unpaired) electrons. The second kappa shape index (κ2) is 7.88. The fourth-order valence-electron chi connectivity index (χ4n) is 2.98. The fourth-order valence-corrected chi connectivity index (χ4v) is 2.98. The molecule has 0 heterocycles. The third kappa shape index (κ3) is 3.88. The molecule has 0 amide bonds. The van der Waals surface area contributed by atoms with E-state index in [0.29, 0.717) is 22.3 Å². The molecule has 0 unspecified atom stereocenters. The molecule has 0 spiro atoms. The van der Waals surface area contributed by atoms with Gasteiger partial charge in [-0.25, -0.2) is 19.2 Å². The van der Waals surface area contributed by atoms with Gasteiger partial charge in [0.25, 0.3) is 0 Å². The van der Waals surface area contributed by atoms with Gasteiger partial charge in [-0.1, -0.05) is 12.1 Å². The monoisotopic (exact) mass is 405 g/mol. The van der Waals surface area contributed by atoms with Crippen LogP contribution in [0.2, 0.25) is 0 Å². The van der Waals surface area contributed by atoms with Crippen molar-refractivity contribution in [1.29, 1.82) is 0 Å². The van der Waals surface area contributed by atoms with Gasteiger partial charge in [0.1, 0.15) is 0 Å². The van der Waals surface area contributed by atoms with Crippen molar-refractivity contribution in [2.75, 3.05) is 0 Å². The zero-order valence-electron chi connectivity index (χ0n) is 15.1. The summed E-state index contributed by atoms with van der Waals surface area (Å²) in [7, 11) is 0. The maximum absolute atomic E-state index is 11.4. The summed E-state index contributed by atoms with van der Waals surface area (Å²) in [5.41, 5.74) is 0.460. The number of rotatable bonds is 6. The van der Waals surface area contributed by atoms with Gasteiger partial charge in [0.05, 0.1) is 22.3 Å². The van der Waals surface area contributed by atoms with Gasteiger partial charge in [0, 0.05) is 0 Å². The summed E-state index contributed by atoms with van der Waals surface area (Å²) in [5, 5.41) is 36.9. The van der Waals surface area contributed by atoms with Crippen LogP contribution in [0.3, 0.4) is 0 Å². The number of benzene rings is 3. The van der Waals surface area contributed by atoms with Gasteiger partial charge in [-0.05, 0) is 70.8 Å². The fraction of sp³-hybridized carbons (Fsp3) is 0. The molecule has 8 heteroatoms. The molecule has 0 saturated carbocycles. The van der Waals surface area contributed by atoms with E-state index in [1.165, 1.54) is 36.4 Å². The topological polar surface area (TPSA) is 149 Å². The summed E-state index contributed by atoms with van der Waals surface area (Å²) in [6.07, 6.45) is 0. The first-order valence-electron chi connectivity index (χ1n) is 8.42. The van der Waals surface area contributed by atoms with Crippen molar-refractivity contribution >= 4 is 23.9 Å². The van der Waals surface area contributed by atoms with Gasteiger partial charge in [0.15, 0.2) is 0 Å². The minimum atomic E-state index is -1.38. The maximum atomic E-state index is 11.4. The highest BCUT2D eigenvalue weighted by atomic mass is 16.4. The van der Waals surface area contributed by atoms with Gasteiger partial charge < -0.3 is 20.4 Å². The van der Waals surface area contributed by atoms with Gasteiger partial charge in [0.2, 0.25) is 0 Å². The molecule has 3 rings (SSSR count). The highest BCUT2D eigenvalue weighted by molar-refractivity contribution is 6.03. The molecule has 0 saturated heterocycles. The first-order chi connectivity index (χ1) is 14.2. The summed E-state index contributed by atoms with van der Waals surface area (Å²) in [5.74, 6) is -5.49. The van der Waals surface area contributed by atoms with Crippen LogP contribution in [-0.2, 0) is 0 Å². The van der Waals surface area contributed by atoms with Crippen molar-refractivity contribution in [3.63, 3.8) is 0 Å². The van der Waals surface area contributed by atoms with Gasteiger partial charge in [-0.15, -0.1) is 0 Å². The van der Waals surface area contributed by atoms with E-state index >= 15 is 0 Å². The van der Waals surface area contributed by atoms with Gasteiger partial charge in [-0.3, -0.25) is 0 Å². The van der Waals surface area contributed by atoms with Crippen LogP contribution in [0.5, 0.6) is 0 Å². The number of hydrogen-bond donors (Lipinski definition) is 4.